The van der Waals surface area contributed by atoms with Gasteiger partial charge in [0, 0.05) is 29.7 Å². The summed E-state index contributed by atoms with van der Waals surface area (Å²) in [6, 6.07) is 16.4. The van der Waals surface area contributed by atoms with Crippen molar-refractivity contribution < 1.29 is 9.53 Å². The highest BCUT2D eigenvalue weighted by atomic mass is 79.9. The topological polar surface area (TPSA) is 32.8 Å². The highest BCUT2D eigenvalue weighted by Crippen LogP contribution is 2.47. The van der Waals surface area contributed by atoms with Gasteiger partial charge in [-0.3, -0.25) is 9.69 Å². The average molecular weight is 401 g/mol. The van der Waals surface area contributed by atoms with E-state index < -0.39 is 5.60 Å². The maximum Gasteiger partial charge on any atom is 0.265 e. The highest BCUT2D eigenvalue weighted by Gasteiger charge is 2.55. The van der Waals surface area contributed by atoms with Crippen LogP contribution < -0.4 is 4.90 Å². The van der Waals surface area contributed by atoms with Crippen LogP contribution in [0.5, 0.6) is 0 Å². The Balaban J connectivity index is 1.65. The molecule has 2 heterocycles. The van der Waals surface area contributed by atoms with Gasteiger partial charge < -0.3 is 9.64 Å². The van der Waals surface area contributed by atoms with Crippen LogP contribution in [0.4, 0.5) is 5.69 Å². The highest BCUT2D eigenvalue weighted by molar-refractivity contribution is 9.10. The molecular weight excluding hydrogens is 380 g/mol. The molecule has 0 bridgehead atoms. The minimum Gasteiger partial charge on any atom is -0.343 e. The molecule has 1 amide bonds. The second-order valence-electron chi connectivity index (χ2n) is 6.69. The summed E-state index contributed by atoms with van der Waals surface area (Å²) in [4.78, 5) is 17.3. The second-order valence-corrected chi connectivity index (χ2v) is 7.61. The van der Waals surface area contributed by atoms with Crippen molar-refractivity contribution in [2.24, 2.45) is 0 Å². The van der Waals surface area contributed by atoms with E-state index >= 15 is 0 Å². The van der Waals surface area contributed by atoms with Gasteiger partial charge in [0.1, 0.15) is 6.73 Å². The number of ether oxygens (including phenoxy) is 1. The number of hydrogen-bond acceptors (Lipinski definition) is 3. The van der Waals surface area contributed by atoms with Gasteiger partial charge in [0.15, 0.2) is 5.60 Å². The molecule has 1 spiro atoms. The number of benzene rings is 2. The maximum atomic E-state index is 13.2. The molecule has 0 radical (unpaired) electrons. The van der Waals surface area contributed by atoms with Gasteiger partial charge in [-0.25, -0.2) is 0 Å². The molecule has 5 heteroatoms. The summed E-state index contributed by atoms with van der Waals surface area (Å²) >= 11 is 3.54. The fourth-order valence-corrected chi connectivity index (χ4v) is 4.16. The molecule has 0 aromatic heterocycles. The first-order chi connectivity index (χ1) is 12.1. The first-order valence-corrected chi connectivity index (χ1v) is 9.45. The lowest BCUT2D eigenvalue weighted by Gasteiger charge is -2.23. The van der Waals surface area contributed by atoms with E-state index in [4.69, 9.17) is 4.74 Å². The summed E-state index contributed by atoms with van der Waals surface area (Å²) in [7, 11) is 0. The first kappa shape index (κ1) is 16.8. The van der Waals surface area contributed by atoms with Gasteiger partial charge >= 0.3 is 0 Å². The summed E-state index contributed by atoms with van der Waals surface area (Å²) in [6.07, 6.45) is 0.922. The molecule has 0 N–H and O–H groups in total. The Bertz CT molecular complexity index is 796. The molecule has 4 rings (SSSR count). The normalized spacial score (nSPS) is 22.8. The van der Waals surface area contributed by atoms with Gasteiger partial charge in [0.05, 0.1) is 5.69 Å². The van der Waals surface area contributed by atoms with E-state index in [-0.39, 0.29) is 5.91 Å². The molecule has 1 fully saturated rings. The molecule has 1 atom stereocenters. The van der Waals surface area contributed by atoms with Crippen molar-refractivity contribution in [1.29, 1.82) is 0 Å². The van der Waals surface area contributed by atoms with Gasteiger partial charge in [0.2, 0.25) is 0 Å². The molecule has 130 valence electrons. The van der Waals surface area contributed by atoms with Crippen LogP contribution >= 0.6 is 15.9 Å². The van der Waals surface area contributed by atoms with Crippen LogP contribution in [0.15, 0.2) is 53.0 Å². The molecule has 2 aliphatic heterocycles. The molecular formula is C20H21BrN2O2. The zero-order chi connectivity index (χ0) is 17.4. The summed E-state index contributed by atoms with van der Waals surface area (Å²) < 4.78 is 7.14. The van der Waals surface area contributed by atoms with E-state index in [1.165, 1.54) is 5.56 Å². The van der Waals surface area contributed by atoms with Gasteiger partial charge in [-0.1, -0.05) is 53.2 Å². The Kier molecular flexibility index (Phi) is 4.40. The summed E-state index contributed by atoms with van der Waals surface area (Å²) in [5, 5.41) is 0. The van der Waals surface area contributed by atoms with Crippen molar-refractivity contribution in [1.82, 2.24) is 4.90 Å². The van der Waals surface area contributed by atoms with Crippen molar-refractivity contribution in [2.75, 3.05) is 24.7 Å². The monoisotopic (exact) mass is 400 g/mol. The zero-order valence-corrected chi connectivity index (χ0v) is 15.8. The van der Waals surface area contributed by atoms with Crippen LogP contribution in [-0.4, -0.2) is 30.6 Å². The van der Waals surface area contributed by atoms with E-state index in [9.17, 15) is 4.79 Å². The Morgan fingerprint density at radius 1 is 1.20 bits per heavy atom. The Labute approximate surface area is 156 Å². The third-order valence-electron chi connectivity index (χ3n) is 4.91. The smallest absolute Gasteiger partial charge is 0.265 e. The Hall–Kier alpha value is -1.69. The van der Waals surface area contributed by atoms with Crippen molar-refractivity contribution >= 4 is 27.5 Å². The van der Waals surface area contributed by atoms with Crippen molar-refractivity contribution in [3.05, 3.63) is 64.1 Å². The number of carbonyl (C=O) groups is 1. The molecule has 1 saturated heterocycles. The minimum absolute atomic E-state index is 0.0676. The lowest BCUT2D eigenvalue weighted by Crippen LogP contribution is -2.43. The average Bonchev–Trinajstić information content (AvgIpc) is 3.13. The van der Waals surface area contributed by atoms with E-state index in [0.717, 1.165) is 35.2 Å². The van der Waals surface area contributed by atoms with Crippen LogP contribution in [-0.2, 0) is 21.7 Å². The van der Waals surface area contributed by atoms with Crippen LogP contribution in [0.25, 0.3) is 0 Å². The predicted molar refractivity (Wildman–Crippen MR) is 101 cm³/mol. The van der Waals surface area contributed by atoms with Gasteiger partial charge in [0.25, 0.3) is 5.91 Å². The molecule has 2 aromatic carbocycles. The van der Waals surface area contributed by atoms with Crippen LogP contribution in [0.3, 0.4) is 0 Å². The van der Waals surface area contributed by atoms with Crippen LogP contribution in [0.1, 0.15) is 24.5 Å². The molecule has 4 nitrogen and oxygen atoms in total. The van der Waals surface area contributed by atoms with Crippen molar-refractivity contribution in [3.63, 3.8) is 0 Å². The molecule has 0 aliphatic carbocycles. The Morgan fingerprint density at radius 3 is 2.76 bits per heavy atom. The number of amides is 1. The standard InChI is InChI=1S/C20H21BrN2O2/c1-2-10-23-18-9-8-16(21)11-17(18)20(19(23)24)13-22(14-25-20)12-15-6-4-3-5-7-15/h3-9,11H,2,10,12-14H2,1H3. The van der Waals surface area contributed by atoms with E-state index in [1.54, 1.807) is 0 Å². The quantitative estimate of drug-likeness (QED) is 0.780. The van der Waals surface area contributed by atoms with Crippen molar-refractivity contribution in [3.8, 4) is 0 Å². The minimum atomic E-state index is -0.872. The first-order valence-electron chi connectivity index (χ1n) is 8.66. The summed E-state index contributed by atoms with van der Waals surface area (Å²) in [5.41, 5.74) is 2.32. The van der Waals surface area contributed by atoms with Gasteiger partial charge in [-0.05, 0) is 30.2 Å². The summed E-state index contributed by atoms with van der Waals surface area (Å²) in [6.45, 7) is 4.65. The number of fused-ring (bicyclic) bond motifs is 2. The van der Waals surface area contributed by atoms with E-state index in [2.05, 4.69) is 39.9 Å². The van der Waals surface area contributed by atoms with Crippen LogP contribution in [0, 0.1) is 0 Å². The third kappa shape index (κ3) is 2.80. The van der Waals surface area contributed by atoms with E-state index in [0.29, 0.717) is 13.3 Å². The number of hydrogen-bond donors (Lipinski definition) is 0. The lowest BCUT2D eigenvalue weighted by molar-refractivity contribution is -0.136. The number of rotatable bonds is 4. The third-order valence-corrected chi connectivity index (χ3v) is 5.40. The molecule has 0 saturated carbocycles. The number of anilines is 1. The van der Waals surface area contributed by atoms with E-state index in [1.807, 2.05) is 41.3 Å². The maximum absolute atomic E-state index is 13.2. The van der Waals surface area contributed by atoms with Gasteiger partial charge in [-0.2, -0.15) is 0 Å². The lowest BCUT2D eigenvalue weighted by atomic mass is 9.95. The molecule has 2 aliphatic rings. The zero-order valence-electron chi connectivity index (χ0n) is 14.2. The SMILES string of the molecule is CCCN1C(=O)C2(CN(Cc3ccccc3)CO2)c2cc(Br)ccc21. The summed E-state index contributed by atoms with van der Waals surface area (Å²) in [5.74, 6) is 0.0676. The fraction of sp³-hybridized carbons (Fsp3) is 0.350. The number of carbonyl (C=O) groups excluding carboxylic acids is 1. The van der Waals surface area contributed by atoms with Crippen molar-refractivity contribution in [2.45, 2.75) is 25.5 Å². The van der Waals surface area contributed by atoms with Gasteiger partial charge in [-0.15, -0.1) is 0 Å². The molecule has 25 heavy (non-hydrogen) atoms. The molecule has 1 unspecified atom stereocenters. The largest absolute Gasteiger partial charge is 0.343 e. The fourth-order valence-electron chi connectivity index (χ4n) is 3.80. The predicted octanol–water partition coefficient (Wildman–Crippen LogP) is 3.89. The molecule has 2 aromatic rings. The second kappa shape index (κ2) is 6.56. The van der Waals surface area contributed by atoms with Crippen LogP contribution in [0.2, 0.25) is 0 Å². The number of nitrogens with zero attached hydrogens (tertiary/aromatic N) is 2. The Morgan fingerprint density at radius 2 is 2.00 bits per heavy atom. The number of halogens is 1.